The molecular formula is C25H48N2O8. The third-order valence-electron chi connectivity index (χ3n) is 3.22. The van der Waals surface area contributed by atoms with Gasteiger partial charge >= 0.3 is 18.0 Å². The Kier molecular flexibility index (Phi) is 19.7. The van der Waals surface area contributed by atoms with Crippen LogP contribution in [0.25, 0.3) is 0 Å². The van der Waals surface area contributed by atoms with E-state index in [9.17, 15) is 24.0 Å². The van der Waals surface area contributed by atoms with Gasteiger partial charge in [0.2, 0.25) is 0 Å². The fourth-order valence-corrected chi connectivity index (χ4v) is 2.14. The van der Waals surface area contributed by atoms with E-state index in [1.165, 1.54) is 6.42 Å². The molecule has 10 nitrogen and oxygen atoms in total. The van der Waals surface area contributed by atoms with Crippen LogP contribution in [0, 0.1) is 0 Å². The van der Waals surface area contributed by atoms with Gasteiger partial charge < -0.3 is 19.6 Å². The Hall–Kier alpha value is -2.65. The van der Waals surface area contributed by atoms with Crippen molar-refractivity contribution in [2.45, 2.75) is 132 Å². The topological polar surface area (TPSA) is 128 Å². The maximum atomic E-state index is 12.4. The van der Waals surface area contributed by atoms with Crippen LogP contribution < -0.4 is 5.32 Å². The van der Waals surface area contributed by atoms with Crippen LogP contribution in [0.15, 0.2) is 0 Å². The predicted octanol–water partition coefficient (Wildman–Crippen LogP) is 5.08. The first-order valence-electron chi connectivity index (χ1n) is 12.4. The fourth-order valence-electron chi connectivity index (χ4n) is 2.14. The van der Waals surface area contributed by atoms with E-state index in [0.29, 0.717) is 5.06 Å². The van der Waals surface area contributed by atoms with Crippen LogP contribution in [-0.4, -0.2) is 52.2 Å². The van der Waals surface area contributed by atoms with Gasteiger partial charge in [-0.25, -0.2) is 14.4 Å². The van der Waals surface area contributed by atoms with E-state index < -0.39 is 47.1 Å². The minimum Gasteiger partial charge on any atom is -0.458 e. The van der Waals surface area contributed by atoms with Gasteiger partial charge in [0.25, 0.3) is 11.8 Å². The van der Waals surface area contributed by atoms with Gasteiger partial charge in [0, 0.05) is 12.8 Å². The normalized spacial score (nSPS) is 13.5. The number of imide groups is 1. The van der Waals surface area contributed by atoms with E-state index in [2.05, 4.69) is 19.2 Å². The number of alkyl carbamates (subject to hydrolysis) is 1. The van der Waals surface area contributed by atoms with Crippen molar-refractivity contribution >= 4 is 29.8 Å². The summed E-state index contributed by atoms with van der Waals surface area (Å²) < 4.78 is 10.4. The molecule has 0 saturated carbocycles. The quantitative estimate of drug-likeness (QED) is 0.392. The lowest BCUT2D eigenvalue weighted by Crippen LogP contribution is -2.46. The smallest absolute Gasteiger partial charge is 0.408 e. The second-order valence-electron chi connectivity index (χ2n) is 9.02. The molecule has 0 aliphatic carbocycles. The molecule has 1 aliphatic heterocycles. The Morgan fingerprint density at radius 1 is 0.857 bits per heavy atom. The lowest BCUT2D eigenvalue weighted by molar-refractivity contribution is -0.197. The number of hydrogen-bond donors (Lipinski definition) is 1. The van der Waals surface area contributed by atoms with Gasteiger partial charge in [-0.15, -0.1) is 5.06 Å². The third-order valence-corrected chi connectivity index (χ3v) is 3.22. The van der Waals surface area contributed by atoms with Crippen LogP contribution in [0.4, 0.5) is 4.79 Å². The zero-order chi connectivity index (χ0) is 28.4. The Labute approximate surface area is 211 Å². The van der Waals surface area contributed by atoms with E-state index in [1.54, 1.807) is 41.5 Å². The number of nitrogens with one attached hydrogen (secondary N) is 1. The van der Waals surface area contributed by atoms with Crippen molar-refractivity contribution in [1.82, 2.24) is 10.4 Å². The summed E-state index contributed by atoms with van der Waals surface area (Å²) in [5, 5.41) is 2.79. The molecule has 0 aromatic rings. The highest BCUT2D eigenvalue weighted by molar-refractivity contribution is 6.01. The minimum absolute atomic E-state index is 0.0210. The first-order chi connectivity index (χ1) is 16.1. The van der Waals surface area contributed by atoms with Crippen molar-refractivity contribution < 1.29 is 38.3 Å². The van der Waals surface area contributed by atoms with Gasteiger partial charge in [0.05, 0.1) is 6.42 Å². The van der Waals surface area contributed by atoms with Crippen LogP contribution in [0.2, 0.25) is 0 Å². The van der Waals surface area contributed by atoms with Gasteiger partial charge in [0.15, 0.2) is 0 Å². The van der Waals surface area contributed by atoms with Gasteiger partial charge in [-0.3, -0.25) is 9.59 Å². The highest BCUT2D eigenvalue weighted by Crippen LogP contribution is 2.15. The van der Waals surface area contributed by atoms with Crippen molar-refractivity contribution in [2.24, 2.45) is 0 Å². The molecule has 1 rings (SSSR count). The van der Waals surface area contributed by atoms with Crippen LogP contribution in [-0.2, 0) is 33.5 Å². The summed E-state index contributed by atoms with van der Waals surface area (Å²) in [7, 11) is 0. The molecule has 0 aromatic carbocycles. The summed E-state index contributed by atoms with van der Waals surface area (Å²) in [6, 6.07) is -1.17. The Bertz CT molecular complexity index is 647. The van der Waals surface area contributed by atoms with E-state index in [-0.39, 0.29) is 25.7 Å². The Morgan fingerprint density at radius 2 is 1.26 bits per heavy atom. The molecule has 1 atom stereocenters. The molecule has 1 aliphatic rings. The molecule has 0 aromatic heterocycles. The largest absolute Gasteiger partial charge is 0.458 e. The molecule has 0 spiro atoms. The number of ether oxygens (including phenoxy) is 2. The number of nitrogens with zero attached hydrogens (tertiary/aromatic N) is 1. The highest BCUT2D eigenvalue weighted by atomic mass is 16.7. The third kappa shape index (κ3) is 19.4. The Morgan fingerprint density at radius 3 is 1.63 bits per heavy atom. The molecule has 1 N–H and O–H groups in total. The molecule has 206 valence electrons. The molecule has 1 fully saturated rings. The maximum Gasteiger partial charge on any atom is 0.408 e. The number of hydrogen-bond acceptors (Lipinski definition) is 8. The first-order valence-corrected chi connectivity index (χ1v) is 12.4. The first kappa shape index (κ1) is 36.9. The van der Waals surface area contributed by atoms with Crippen molar-refractivity contribution in [2.75, 3.05) is 0 Å². The number of carbonyl (C=O) groups is 5. The van der Waals surface area contributed by atoms with E-state index >= 15 is 0 Å². The molecule has 3 amide bonds. The van der Waals surface area contributed by atoms with Crippen LogP contribution in [0.5, 0.6) is 0 Å². The number of hydroxylamine groups is 2. The predicted molar refractivity (Wildman–Crippen MR) is 134 cm³/mol. The molecule has 10 heteroatoms. The summed E-state index contributed by atoms with van der Waals surface area (Å²) in [4.78, 5) is 64.0. The van der Waals surface area contributed by atoms with Crippen LogP contribution in [0.3, 0.4) is 0 Å². The average Bonchev–Trinajstić information content (AvgIpc) is 3.04. The molecule has 1 saturated heterocycles. The van der Waals surface area contributed by atoms with Gasteiger partial charge in [-0.05, 0) is 48.0 Å². The van der Waals surface area contributed by atoms with E-state index in [1.807, 2.05) is 27.7 Å². The van der Waals surface area contributed by atoms with E-state index in [0.717, 1.165) is 0 Å². The fraction of sp³-hybridized carbons (Fsp3) is 0.800. The molecule has 0 bridgehead atoms. The lowest BCUT2D eigenvalue weighted by Gasteiger charge is -2.26. The number of esters is 1. The molecule has 1 unspecified atom stereocenters. The van der Waals surface area contributed by atoms with Crippen molar-refractivity contribution in [1.29, 1.82) is 0 Å². The number of rotatable bonds is 6. The van der Waals surface area contributed by atoms with Crippen molar-refractivity contribution in [3.8, 4) is 0 Å². The zero-order valence-corrected chi connectivity index (χ0v) is 23.8. The minimum atomic E-state index is -1.17. The Balaban J connectivity index is -0.00000132. The SMILES string of the molecule is CC.CC.CC(C)(C)OC(=O)NC(CCC(=O)ON1C(=O)CCC1=O)C(=O)OC(C)(C)C.CCC. The highest BCUT2D eigenvalue weighted by Gasteiger charge is 2.34. The summed E-state index contributed by atoms with van der Waals surface area (Å²) in [6.45, 7) is 22.2. The molecule has 1 heterocycles. The molecular weight excluding hydrogens is 456 g/mol. The van der Waals surface area contributed by atoms with Crippen LogP contribution >= 0.6 is 0 Å². The summed E-state index contributed by atoms with van der Waals surface area (Å²) >= 11 is 0. The summed E-state index contributed by atoms with van der Waals surface area (Å²) in [6.07, 6.45) is -0.138. The second-order valence-corrected chi connectivity index (χ2v) is 9.02. The van der Waals surface area contributed by atoms with Crippen molar-refractivity contribution in [3.63, 3.8) is 0 Å². The summed E-state index contributed by atoms with van der Waals surface area (Å²) in [5.74, 6) is -2.84. The van der Waals surface area contributed by atoms with Crippen LogP contribution in [0.1, 0.15) is 115 Å². The molecule has 35 heavy (non-hydrogen) atoms. The van der Waals surface area contributed by atoms with Crippen molar-refractivity contribution in [3.05, 3.63) is 0 Å². The summed E-state index contributed by atoms with van der Waals surface area (Å²) in [5.41, 5.74) is -1.59. The number of carbonyl (C=O) groups excluding carboxylic acids is 5. The average molecular weight is 505 g/mol. The molecule has 0 radical (unpaired) electrons. The standard InChI is InChI=1S/C18H28N2O8.C3H8.2C2H6/c1-17(2,3)26-15(24)11(19-16(25)27-18(4,5)6)7-10-14(23)28-20-12(21)8-9-13(20)22;1-3-2;2*1-2/h11H,7-10H2,1-6H3,(H,19,25);3H2,1-2H3;2*1-2H3. The maximum absolute atomic E-state index is 12.4. The van der Waals surface area contributed by atoms with Gasteiger partial charge in [-0.2, -0.15) is 0 Å². The lowest BCUT2D eigenvalue weighted by atomic mass is 10.1. The second kappa shape index (κ2) is 18.6. The van der Waals surface area contributed by atoms with Gasteiger partial charge in [-0.1, -0.05) is 48.0 Å². The van der Waals surface area contributed by atoms with Gasteiger partial charge in [0.1, 0.15) is 17.2 Å². The van der Waals surface area contributed by atoms with E-state index in [4.69, 9.17) is 14.3 Å². The zero-order valence-electron chi connectivity index (χ0n) is 23.8. The number of amides is 3. The monoisotopic (exact) mass is 504 g/mol.